The quantitative estimate of drug-likeness (QED) is 0.813. The maximum absolute atomic E-state index is 5.22. The van der Waals surface area contributed by atoms with Gasteiger partial charge in [0.15, 0.2) is 0 Å². The van der Waals surface area contributed by atoms with Gasteiger partial charge in [-0.05, 0) is 47.1 Å². The van der Waals surface area contributed by atoms with Crippen molar-refractivity contribution in [3.8, 4) is 5.75 Å². The lowest BCUT2D eigenvalue weighted by Gasteiger charge is -2.25. The van der Waals surface area contributed by atoms with Crippen LogP contribution in [0.1, 0.15) is 12.5 Å². The van der Waals surface area contributed by atoms with Gasteiger partial charge in [-0.3, -0.25) is 0 Å². The Labute approximate surface area is 112 Å². The van der Waals surface area contributed by atoms with Crippen molar-refractivity contribution in [2.45, 2.75) is 13.3 Å². The molecule has 0 radical (unpaired) electrons. The first-order valence-electron chi connectivity index (χ1n) is 5.65. The highest BCUT2D eigenvalue weighted by Crippen LogP contribution is 2.29. The molecule has 1 atom stereocenters. The molecule has 1 N–H and O–H groups in total. The molecule has 0 fully saturated rings. The van der Waals surface area contributed by atoms with Crippen molar-refractivity contribution in [1.82, 2.24) is 5.32 Å². The van der Waals surface area contributed by atoms with Crippen molar-refractivity contribution in [3.05, 3.63) is 40.9 Å². The highest BCUT2D eigenvalue weighted by Gasteiger charge is 2.20. The number of hydrogen-bond donors (Lipinski definition) is 1. The summed E-state index contributed by atoms with van der Waals surface area (Å²) in [5, 5.41) is 3.21. The molecule has 0 bridgehead atoms. The van der Waals surface area contributed by atoms with Gasteiger partial charge in [-0.25, -0.2) is 0 Å². The predicted octanol–water partition coefficient (Wildman–Crippen LogP) is 3.41. The van der Waals surface area contributed by atoms with Crippen LogP contribution in [0.4, 0.5) is 0 Å². The molecular weight excluding hydrogens is 278 g/mol. The number of nitrogens with one attached hydrogen (secondary N) is 1. The number of benzene rings is 1. The first kappa shape index (κ1) is 14.3. The van der Waals surface area contributed by atoms with E-state index in [1.807, 2.05) is 19.2 Å². The molecule has 1 aromatic carbocycles. The molecule has 0 saturated carbocycles. The Morgan fingerprint density at radius 1 is 1.53 bits per heavy atom. The van der Waals surface area contributed by atoms with Gasteiger partial charge in [-0.15, -0.1) is 6.58 Å². The van der Waals surface area contributed by atoms with E-state index >= 15 is 0 Å². The largest absolute Gasteiger partial charge is 0.496 e. The first-order valence-corrected chi connectivity index (χ1v) is 6.44. The molecule has 2 nitrogen and oxygen atoms in total. The Morgan fingerprint density at radius 2 is 2.24 bits per heavy atom. The zero-order valence-electron chi connectivity index (χ0n) is 10.7. The van der Waals surface area contributed by atoms with E-state index in [2.05, 4.69) is 46.9 Å². The average Bonchev–Trinajstić information content (AvgIpc) is 2.29. The fraction of sp³-hybridized carbons (Fsp3) is 0.429. The molecule has 3 heteroatoms. The summed E-state index contributed by atoms with van der Waals surface area (Å²) in [6, 6.07) is 6.19. The normalized spacial score (nSPS) is 14.1. The minimum atomic E-state index is 0.0722. The highest BCUT2D eigenvalue weighted by molar-refractivity contribution is 9.10. The Morgan fingerprint density at radius 3 is 2.71 bits per heavy atom. The van der Waals surface area contributed by atoms with Gasteiger partial charge in [0.2, 0.25) is 0 Å². The van der Waals surface area contributed by atoms with Gasteiger partial charge in [-0.2, -0.15) is 0 Å². The van der Waals surface area contributed by atoms with Crippen molar-refractivity contribution in [3.63, 3.8) is 0 Å². The van der Waals surface area contributed by atoms with Crippen molar-refractivity contribution in [2.75, 3.05) is 20.7 Å². The van der Waals surface area contributed by atoms with E-state index in [0.29, 0.717) is 0 Å². The van der Waals surface area contributed by atoms with Crippen LogP contribution in [0.5, 0.6) is 5.75 Å². The third-order valence-corrected chi connectivity index (χ3v) is 3.52. The van der Waals surface area contributed by atoms with E-state index in [1.54, 1.807) is 7.11 Å². The third-order valence-electron chi connectivity index (χ3n) is 2.90. The van der Waals surface area contributed by atoms with Crippen LogP contribution in [-0.2, 0) is 6.42 Å². The van der Waals surface area contributed by atoms with Crippen molar-refractivity contribution < 1.29 is 4.74 Å². The molecule has 0 aliphatic heterocycles. The third kappa shape index (κ3) is 3.86. The van der Waals surface area contributed by atoms with Crippen LogP contribution in [0.3, 0.4) is 0 Å². The van der Waals surface area contributed by atoms with Gasteiger partial charge in [0, 0.05) is 12.0 Å². The second-order valence-corrected chi connectivity index (χ2v) is 5.39. The standard InChI is InChI=1S/C14H20BrNO/c1-5-14(2,10-16-3)9-11-6-7-13(17-4)12(15)8-11/h5-8,16H,1,9-10H2,2-4H3. The minimum absolute atomic E-state index is 0.0722. The summed E-state index contributed by atoms with van der Waals surface area (Å²) in [5.74, 6) is 0.864. The monoisotopic (exact) mass is 297 g/mol. The predicted molar refractivity (Wildman–Crippen MR) is 76.6 cm³/mol. The van der Waals surface area contributed by atoms with Crippen molar-refractivity contribution in [2.24, 2.45) is 5.41 Å². The summed E-state index contributed by atoms with van der Waals surface area (Å²) in [5.41, 5.74) is 1.35. The lowest BCUT2D eigenvalue weighted by molar-refractivity contribution is 0.402. The molecule has 0 aromatic heterocycles. The molecule has 17 heavy (non-hydrogen) atoms. The molecule has 0 aliphatic carbocycles. The van der Waals surface area contributed by atoms with Crippen LogP contribution in [0.2, 0.25) is 0 Å². The van der Waals surface area contributed by atoms with E-state index in [1.165, 1.54) is 5.56 Å². The summed E-state index contributed by atoms with van der Waals surface area (Å²) in [7, 11) is 3.64. The maximum Gasteiger partial charge on any atom is 0.133 e. The zero-order chi connectivity index (χ0) is 12.9. The van der Waals surface area contributed by atoms with Gasteiger partial charge in [0.1, 0.15) is 5.75 Å². The molecule has 1 aromatic rings. The molecule has 0 saturated heterocycles. The van der Waals surface area contributed by atoms with Gasteiger partial charge in [0.25, 0.3) is 0 Å². The smallest absolute Gasteiger partial charge is 0.133 e. The Hall–Kier alpha value is -0.800. The van der Waals surface area contributed by atoms with Crippen molar-refractivity contribution >= 4 is 15.9 Å². The molecule has 0 spiro atoms. The Kier molecular flexibility index (Phi) is 5.22. The van der Waals surface area contributed by atoms with E-state index in [0.717, 1.165) is 23.2 Å². The summed E-state index contributed by atoms with van der Waals surface area (Å²) >= 11 is 3.51. The fourth-order valence-electron chi connectivity index (χ4n) is 1.90. The topological polar surface area (TPSA) is 21.3 Å². The number of methoxy groups -OCH3 is 1. The van der Waals surface area contributed by atoms with Crippen LogP contribution in [-0.4, -0.2) is 20.7 Å². The Balaban J connectivity index is 2.87. The second-order valence-electron chi connectivity index (χ2n) is 4.53. The van der Waals surface area contributed by atoms with Gasteiger partial charge in [-0.1, -0.05) is 19.1 Å². The van der Waals surface area contributed by atoms with Crippen LogP contribution < -0.4 is 10.1 Å². The van der Waals surface area contributed by atoms with Crippen LogP contribution in [0.25, 0.3) is 0 Å². The van der Waals surface area contributed by atoms with Gasteiger partial charge in [0.05, 0.1) is 11.6 Å². The van der Waals surface area contributed by atoms with Gasteiger partial charge >= 0.3 is 0 Å². The zero-order valence-corrected chi connectivity index (χ0v) is 12.3. The van der Waals surface area contributed by atoms with E-state index in [9.17, 15) is 0 Å². The van der Waals surface area contributed by atoms with Crippen LogP contribution in [0.15, 0.2) is 35.3 Å². The maximum atomic E-state index is 5.22. The van der Waals surface area contributed by atoms with Crippen molar-refractivity contribution in [1.29, 1.82) is 0 Å². The van der Waals surface area contributed by atoms with E-state index in [4.69, 9.17) is 4.74 Å². The van der Waals surface area contributed by atoms with Crippen LogP contribution in [0, 0.1) is 5.41 Å². The summed E-state index contributed by atoms with van der Waals surface area (Å²) in [6.45, 7) is 7.05. The molecule has 0 aliphatic rings. The summed E-state index contributed by atoms with van der Waals surface area (Å²) in [4.78, 5) is 0. The summed E-state index contributed by atoms with van der Waals surface area (Å²) in [6.07, 6.45) is 2.97. The number of rotatable bonds is 6. The average molecular weight is 298 g/mol. The highest BCUT2D eigenvalue weighted by atomic mass is 79.9. The first-order chi connectivity index (χ1) is 8.04. The van der Waals surface area contributed by atoms with Gasteiger partial charge < -0.3 is 10.1 Å². The van der Waals surface area contributed by atoms with E-state index < -0.39 is 0 Å². The molecule has 0 heterocycles. The minimum Gasteiger partial charge on any atom is -0.496 e. The number of hydrogen-bond acceptors (Lipinski definition) is 2. The van der Waals surface area contributed by atoms with E-state index in [-0.39, 0.29) is 5.41 Å². The Bertz CT molecular complexity index is 392. The summed E-state index contributed by atoms with van der Waals surface area (Å²) < 4.78 is 6.22. The SMILES string of the molecule is C=CC(C)(CNC)Cc1ccc(OC)c(Br)c1. The molecular formula is C14H20BrNO. The molecule has 1 rings (SSSR count). The van der Waals surface area contributed by atoms with Crippen LogP contribution >= 0.6 is 15.9 Å². The lowest BCUT2D eigenvalue weighted by atomic mass is 9.83. The molecule has 94 valence electrons. The second kappa shape index (κ2) is 6.22. The number of halogens is 1. The fourth-order valence-corrected chi connectivity index (χ4v) is 2.48. The molecule has 0 amide bonds. The lowest BCUT2D eigenvalue weighted by Crippen LogP contribution is -2.29. The molecule has 1 unspecified atom stereocenters. The number of ether oxygens (including phenoxy) is 1.